The molecule has 0 radical (unpaired) electrons. The first-order chi connectivity index (χ1) is 10.4. The standard InChI is InChI=1S/C15H16N2O3S2/c1-11(18)16-12-6-8-15(9-7-12)22(19,20)17-13-4-3-5-14(10-13)21-2/h3-10,17H,1-2H3,(H,16,18). The molecule has 5 nitrogen and oxygen atoms in total. The average Bonchev–Trinajstić information content (AvgIpc) is 2.47. The fraction of sp³-hybridized carbons (Fsp3) is 0.133. The Morgan fingerprint density at radius 1 is 1.05 bits per heavy atom. The van der Waals surface area contributed by atoms with Crippen molar-refractivity contribution in [1.82, 2.24) is 0 Å². The quantitative estimate of drug-likeness (QED) is 0.823. The molecular formula is C15H16N2O3S2. The van der Waals surface area contributed by atoms with Gasteiger partial charge in [-0.25, -0.2) is 8.42 Å². The summed E-state index contributed by atoms with van der Waals surface area (Å²) >= 11 is 1.54. The summed E-state index contributed by atoms with van der Waals surface area (Å²) in [5.41, 5.74) is 1.06. The molecule has 2 rings (SSSR count). The van der Waals surface area contributed by atoms with Gasteiger partial charge in [-0.1, -0.05) is 6.07 Å². The van der Waals surface area contributed by atoms with Crippen LogP contribution in [-0.4, -0.2) is 20.6 Å². The maximum atomic E-state index is 12.3. The molecule has 0 aromatic heterocycles. The van der Waals surface area contributed by atoms with Crippen LogP contribution in [0.1, 0.15) is 6.92 Å². The Labute approximate surface area is 134 Å². The largest absolute Gasteiger partial charge is 0.326 e. The number of hydrogen-bond acceptors (Lipinski definition) is 4. The highest BCUT2D eigenvalue weighted by atomic mass is 32.2. The zero-order chi connectivity index (χ0) is 16.2. The number of amides is 1. The van der Waals surface area contributed by atoms with E-state index in [9.17, 15) is 13.2 Å². The highest BCUT2D eigenvalue weighted by Crippen LogP contribution is 2.22. The summed E-state index contributed by atoms with van der Waals surface area (Å²) in [6, 6.07) is 13.2. The third-order valence-corrected chi connectivity index (χ3v) is 4.93. The van der Waals surface area contributed by atoms with Crippen LogP contribution in [0.15, 0.2) is 58.3 Å². The zero-order valence-electron chi connectivity index (χ0n) is 12.2. The Balaban J connectivity index is 2.20. The van der Waals surface area contributed by atoms with Crippen molar-refractivity contribution in [3.8, 4) is 0 Å². The lowest BCUT2D eigenvalue weighted by molar-refractivity contribution is -0.114. The van der Waals surface area contributed by atoms with Crippen molar-refractivity contribution in [3.05, 3.63) is 48.5 Å². The summed E-state index contributed by atoms with van der Waals surface area (Å²) in [6.07, 6.45) is 1.92. The summed E-state index contributed by atoms with van der Waals surface area (Å²) < 4.78 is 27.2. The molecule has 2 N–H and O–H groups in total. The fourth-order valence-electron chi connectivity index (χ4n) is 1.82. The summed E-state index contributed by atoms with van der Waals surface area (Å²) in [6.45, 7) is 1.39. The Morgan fingerprint density at radius 2 is 1.73 bits per heavy atom. The first-order valence-corrected chi connectivity index (χ1v) is 9.16. The van der Waals surface area contributed by atoms with E-state index in [1.165, 1.54) is 30.8 Å². The van der Waals surface area contributed by atoms with Crippen LogP contribution in [0.5, 0.6) is 0 Å². The molecular weight excluding hydrogens is 320 g/mol. The van der Waals surface area contributed by atoms with Gasteiger partial charge in [-0.15, -0.1) is 11.8 Å². The Hall–Kier alpha value is -1.99. The smallest absolute Gasteiger partial charge is 0.261 e. The second kappa shape index (κ2) is 6.85. The van der Waals surface area contributed by atoms with E-state index >= 15 is 0 Å². The van der Waals surface area contributed by atoms with Gasteiger partial charge in [-0.3, -0.25) is 9.52 Å². The van der Waals surface area contributed by atoms with E-state index in [0.29, 0.717) is 11.4 Å². The van der Waals surface area contributed by atoms with Crippen molar-refractivity contribution in [3.63, 3.8) is 0 Å². The predicted molar refractivity (Wildman–Crippen MR) is 89.8 cm³/mol. The van der Waals surface area contributed by atoms with Gasteiger partial charge in [0.05, 0.1) is 4.90 Å². The monoisotopic (exact) mass is 336 g/mol. The predicted octanol–water partition coefficient (Wildman–Crippen LogP) is 3.17. The maximum Gasteiger partial charge on any atom is 0.261 e. The molecule has 22 heavy (non-hydrogen) atoms. The van der Waals surface area contributed by atoms with Crippen LogP contribution >= 0.6 is 11.8 Å². The van der Waals surface area contributed by atoms with E-state index in [2.05, 4.69) is 10.0 Å². The minimum Gasteiger partial charge on any atom is -0.326 e. The van der Waals surface area contributed by atoms with Crippen LogP contribution in [-0.2, 0) is 14.8 Å². The first-order valence-electron chi connectivity index (χ1n) is 6.45. The van der Waals surface area contributed by atoms with Gasteiger partial charge in [-0.2, -0.15) is 0 Å². The Kier molecular flexibility index (Phi) is 5.10. The van der Waals surface area contributed by atoms with Crippen molar-refractivity contribution in [2.45, 2.75) is 16.7 Å². The van der Waals surface area contributed by atoms with Crippen LogP contribution in [0.25, 0.3) is 0 Å². The molecule has 0 bridgehead atoms. The zero-order valence-corrected chi connectivity index (χ0v) is 13.8. The Morgan fingerprint density at radius 3 is 2.32 bits per heavy atom. The minimum absolute atomic E-state index is 0.135. The van der Waals surface area contributed by atoms with E-state index < -0.39 is 10.0 Å². The van der Waals surface area contributed by atoms with Gasteiger partial charge in [0.15, 0.2) is 0 Å². The third kappa shape index (κ3) is 4.25. The molecule has 0 saturated carbocycles. The number of hydrogen-bond donors (Lipinski definition) is 2. The van der Waals surface area contributed by atoms with E-state index in [4.69, 9.17) is 0 Å². The highest BCUT2D eigenvalue weighted by molar-refractivity contribution is 7.98. The molecule has 0 aliphatic carbocycles. The lowest BCUT2D eigenvalue weighted by Gasteiger charge is -2.10. The molecule has 0 saturated heterocycles. The fourth-order valence-corrected chi connectivity index (χ4v) is 3.33. The van der Waals surface area contributed by atoms with Crippen molar-refractivity contribution in [2.24, 2.45) is 0 Å². The van der Waals surface area contributed by atoms with Gasteiger partial charge in [0.25, 0.3) is 10.0 Å². The number of carbonyl (C=O) groups is 1. The molecule has 0 spiro atoms. The van der Waals surface area contributed by atoms with Gasteiger partial charge in [0.1, 0.15) is 0 Å². The average molecular weight is 336 g/mol. The molecule has 0 aliphatic rings. The van der Waals surface area contributed by atoms with E-state index in [1.807, 2.05) is 12.3 Å². The van der Waals surface area contributed by atoms with Crippen LogP contribution in [0.2, 0.25) is 0 Å². The second-order valence-corrected chi connectivity index (χ2v) is 7.11. The molecule has 0 heterocycles. The molecule has 0 fully saturated rings. The molecule has 2 aromatic carbocycles. The minimum atomic E-state index is -3.66. The third-order valence-electron chi connectivity index (χ3n) is 2.81. The number of thioether (sulfide) groups is 1. The van der Waals surface area contributed by atoms with E-state index in [0.717, 1.165) is 4.90 Å². The van der Waals surface area contributed by atoms with Crippen molar-refractivity contribution in [1.29, 1.82) is 0 Å². The summed E-state index contributed by atoms with van der Waals surface area (Å²) in [4.78, 5) is 12.1. The van der Waals surface area contributed by atoms with Gasteiger partial charge in [-0.05, 0) is 48.7 Å². The second-order valence-electron chi connectivity index (χ2n) is 4.54. The number of sulfonamides is 1. The van der Waals surface area contributed by atoms with Gasteiger partial charge < -0.3 is 5.32 Å². The molecule has 0 unspecified atom stereocenters. The van der Waals surface area contributed by atoms with E-state index in [-0.39, 0.29) is 10.8 Å². The maximum absolute atomic E-state index is 12.3. The SMILES string of the molecule is CSc1cccc(NS(=O)(=O)c2ccc(NC(C)=O)cc2)c1. The number of carbonyl (C=O) groups excluding carboxylic acids is 1. The number of benzene rings is 2. The van der Waals surface area contributed by atoms with Crippen LogP contribution in [0.4, 0.5) is 11.4 Å². The van der Waals surface area contributed by atoms with Gasteiger partial charge in [0, 0.05) is 23.2 Å². The first kappa shape index (κ1) is 16.4. The summed E-state index contributed by atoms with van der Waals surface area (Å²) in [5, 5.41) is 2.59. The van der Waals surface area contributed by atoms with Gasteiger partial charge >= 0.3 is 0 Å². The summed E-state index contributed by atoms with van der Waals surface area (Å²) in [7, 11) is -3.66. The van der Waals surface area contributed by atoms with Crippen LogP contribution < -0.4 is 10.0 Å². The molecule has 116 valence electrons. The lowest BCUT2D eigenvalue weighted by Crippen LogP contribution is -2.13. The Bertz CT molecular complexity index is 772. The molecule has 7 heteroatoms. The van der Waals surface area contributed by atoms with Crippen LogP contribution in [0, 0.1) is 0 Å². The molecule has 0 aliphatic heterocycles. The molecule has 0 atom stereocenters. The van der Waals surface area contributed by atoms with Crippen molar-refractivity contribution < 1.29 is 13.2 Å². The summed E-state index contributed by atoms with van der Waals surface area (Å²) in [5.74, 6) is -0.206. The van der Waals surface area contributed by atoms with Gasteiger partial charge in [0.2, 0.25) is 5.91 Å². The lowest BCUT2D eigenvalue weighted by atomic mass is 10.3. The normalized spacial score (nSPS) is 11.0. The van der Waals surface area contributed by atoms with Crippen molar-refractivity contribution >= 4 is 39.1 Å². The highest BCUT2D eigenvalue weighted by Gasteiger charge is 2.14. The van der Waals surface area contributed by atoms with E-state index in [1.54, 1.807) is 30.3 Å². The van der Waals surface area contributed by atoms with Crippen molar-refractivity contribution in [2.75, 3.05) is 16.3 Å². The molecule has 2 aromatic rings. The number of nitrogens with one attached hydrogen (secondary N) is 2. The number of rotatable bonds is 5. The topological polar surface area (TPSA) is 75.3 Å². The van der Waals surface area contributed by atoms with Crippen LogP contribution in [0.3, 0.4) is 0 Å². The number of anilines is 2. The molecule has 1 amide bonds.